The van der Waals surface area contributed by atoms with Crippen LogP contribution in [-0.4, -0.2) is 43.4 Å². The maximum absolute atomic E-state index is 14.4. The molecule has 0 spiro atoms. The van der Waals surface area contributed by atoms with Gasteiger partial charge in [0.15, 0.2) is 22.9 Å². The minimum Gasteiger partial charge on any atom is -0.490 e. The van der Waals surface area contributed by atoms with Crippen molar-refractivity contribution in [2.75, 3.05) is 26.9 Å². The Labute approximate surface area is 312 Å². The number of esters is 2. The van der Waals surface area contributed by atoms with Crippen molar-refractivity contribution in [1.82, 2.24) is 4.57 Å². The number of fused-ring (bicyclic) bond motifs is 1. The molecule has 256 valence electrons. The van der Waals surface area contributed by atoms with Gasteiger partial charge in [0.25, 0.3) is 5.56 Å². The third-order valence-corrected chi connectivity index (χ3v) is 9.73. The largest absolute Gasteiger partial charge is 0.490 e. The third-order valence-electron chi connectivity index (χ3n) is 7.33. The number of thiazole rings is 1. The van der Waals surface area contributed by atoms with Crippen LogP contribution in [0.3, 0.4) is 0 Å². The third kappa shape index (κ3) is 8.17. The lowest BCUT2D eigenvalue weighted by atomic mass is 9.95. The molecule has 0 amide bonds. The van der Waals surface area contributed by atoms with Crippen LogP contribution in [0.25, 0.3) is 6.08 Å². The lowest BCUT2D eigenvalue weighted by Gasteiger charge is -2.25. The van der Waals surface area contributed by atoms with Crippen LogP contribution in [0.2, 0.25) is 0 Å². The van der Waals surface area contributed by atoms with E-state index >= 15 is 0 Å². The Morgan fingerprint density at radius 3 is 2.51 bits per heavy atom. The molecule has 0 unspecified atom stereocenters. The lowest BCUT2D eigenvalue weighted by molar-refractivity contribution is -0.143. The van der Waals surface area contributed by atoms with Crippen molar-refractivity contribution < 1.29 is 37.7 Å². The van der Waals surface area contributed by atoms with Gasteiger partial charge in [0.2, 0.25) is 0 Å². The first-order chi connectivity index (χ1) is 23.6. The fourth-order valence-electron chi connectivity index (χ4n) is 5.13. The van der Waals surface area contributed by atoms with Gasteiger partial charge in [0, 0.05) is 14.7 Å². The minimum atomic E-state index is -0.917. The van der Waals surface area contributed by atoms with Gasteiger partial charge < -0.3 is 23.7 Å². The number of benzene rings is 3. The summed E-state index contributed by atoms with van der Waals surface area (Å²) in [5.41, 5.74) is 1.78. The van der Waals surface area contributed by atoms with Gasteiger partial charge in [0.05, 0.1) is 45.7 Å². The quantitative estimate of drug-likeness (QED) is 0.132. The van der Waals surface area contributed by atoms with Crippen LogP contribution < -0.4 is 29.1 Å². The van der Waals surface area contributed by atoms with E-state index in [2.05, 4.69) is 54.9 Å². The molecule has 14 heteroatoms. The van der Waals surface area contributed by atoms with Gasteiger partial charge in [-0.25, -0.2) is 19.0 Å². The second kappa shape index (κ2) is 16.3. The molecule has 1 aliphatic rings. The van der Waals surface area contributed by atoms with Crippen molar-refractivity contribution in [2.24, 2.45) is 4.99 Å². The van der Waals surface area contributed by atoms with Gasteiger partial charge >= 0.3 is 11.9 Å². The van der Waals surface area contributed by atoms with Crippen LogP contribution in [-0.2, 0) is 25.7 Å². The van der Waals surface area contributed by atoms with Gasteiger partial charge in [-0.05, 0) is 108 Å². The average molecular weight is 913 g/mol. The first-order valence-corrected chi connectivity index (χ1v) is 18.0. The topological polar surface area (TPSA) is 115 Å². The summed E-state index contributed by atoms with van der Waals surface area (Å²) in [6.45, 7) is 5.27. The molecule has 1 atom stereocenters. The molecule has 2 heterocycles. The molecule has 0 fully saturated rings. The highest BCUT2D eigenvalue weighted by atomic mass is 127. The number of rotatable bonds is 12. The highest BCUT2D eigenvalue weighted by Crippen LogP contribution is 2.37. The molecule has 1 aliphatic heterocycles. The Kier molecular flexibility index (Phi) is 12.1. The summed E-state index contributed by atoms with van der Waals surface area (Å²) in [6.07, 6.45) is 1.72. The Bertz CT molecular complexity index is 2130. The lowest BCUT2D eigenvalue weighted by Crippen LogP contribution is -2.40. The summed E-state index contributed by atoms with van der Waals surface area (Å²) in [7, 11) is 1.26. The second-order valence-corrected chi connectivity index (χ2v) is 13.9. The number of carbonyl (C=O) groups is 2. The number of allylic oxidation sites excluding steroid dienone is 1. The fraction of sp³-hybridized carbons (Fsp3) is 0.257. The van der Waals surface area contributed by atoms with E-state index in [0.29, 0.717) is 43.2 Å². The zero-order valence-electron chi connectivity index (χ0n) is 26.9. The number of carbonyl (C=O) groups excluding carboxylic acids is 2. The normalized spacial score (nSPS) is 14.2. The van der Waals surface area contributed by atoms with E-state index in [-0.39, 0.29) is 49.1 Å². The maximum atomic E-state index is 14.4. The van der Waals surface area contributed by atoms with Crippen molar-refractivity contribution in [3.63, 3.8) is 0 Å². The summed E-state index contributed by atoms with van der Waals surface area (Å²) < 4.78 is 45.6. The first kappa shape index (κ1) is 36.5. The first-order valence-electron chi connectivity index (χ1n) is 15.1. The molecule has 0 saturated heterocycles. The molecule has 0 saturated carbocycles. The average Bonchev–Trinajstić information content (AvgIpc) is 3.37. The number of halogens is 3. The number of hydrogen-bond acceptors (Lipinski definition) is 10. The Morgan fingerprint density at radius 2 is 1.80 bits per heavy atom. The van der Waals surface area contributed by atoms with Crippen molar-refractivity contribution >= 4 is 74.5 Å². The molecule has 1 aromatic heterocycles. The van der Waals surface area contributed by atoms with Crippen molar-refractivity contribution in [3.8, 4) is 17.2 Å². The zero-order chi connectivity index (χ0) is 35.2. The highest BCUT2D eigenvalue weighted by Gasteiger charge is 2.34. The van der Waals surface area contributed by atoms with E-state index in [1.807, 2.05) is 12.1 Å². The van der Waals surface area contributed by atoms with Gasteiger partial charge in [-0.1, -0.05) is 35.6 Å². The van der Waals surface area contributed by atoms with E-state index in [4.69, 9.17) is 18.9 Å². The maximum Gasteiger partial charge on any atom is 0.343 e. The molecule has 3 aromatic carbocycles. The van der Waals surface area contributed by atoms with Crippen LogP contribution in [0.1, 0.15) is 43.5 Å². The second-order valence-electron chi connectivity index (χ2n) is 10.5. The summed E-state index contributed by atoms with van der Waals surface area (Å²) in [6, 6.07) is 14.3. The number of hydrogen-bond donors (Lipinski definition) is 0. The van der Waals surface area contributed by atoms with E-state index in [9.17, 15) is 18.8 Å². The predicted molar refractivity (Wildman–Crippen MR) is 198 cm³/mol. The fourth-order valence-corrected chi connectivity index (χ4v) is 8.21. The van der Waals surface area contributed by atoms with E-state index in [0.717, 1.165) is 7.14 Å². The molecule has 0 bridgehead atoms. The summed E-state index contributed by atoms with van der Waals surface area (Å²) in [5, 5.41) is 0. The molecular formula is C35H31FI2N2O8S. The van der Waals surface area contributed by atoms with Gasteiger partial charge in [-0.15, -0.1) is 0 Å². The molecule has 10 nitrogen and oxygen atoms in total. The van der Waals surface area contributed by atoms with Crippen LogP contribution in [0.5, 0.6) is 17.2 Å². The molecule has 49 heavy (non-hydrogen) atoms. The zero-order valence-corrected chi connectivity index (χ0v) is 32.0. The highest BCUT2D eigenvalue weighted by molar-refractivity contribution is 14.1. The molecular weight excluding hydrogens is 881 g/mol. The molecule has 0 N–H and O–H groups in total. The molecule has 0 aliphatic carbocycles. The van der Waals surface area contributed by atoms with Gasteiger partial charge in [-0.2, -0.15) is 0 Å². The van der Waals surface area contributed by atoms with Gasteiger partial charge in [-0.3, -0.25) is 9.36 Å². The molecule has 4 aromatic rings. The minimum absolute atomic E-state index is 0.00500. The Hall–Kier alpha value is -3.77. The van der Waals surface area contributed by atoms with E-state index in [1.54, 1.807) is 63.2 Å². The Morgan fingerprint density at radius 1 is 1.02 bits per heavy atom. The van der Waals surface area contributed by atoms with E-state index in [1.165, 1.54) is 29.1 Å². The molecule has 0 radical (unpaired) electrons. The van der Waals surface area contributed by atoms with Crippen LogP contribution in [0.4, 0.5) is 4.39 Å². The standard InChI is InChI=1S/C35H31FI2N2O8S/c1-5-45-27-14-20(11-12-26(27)47-18-29(41)44-4)31-30(34(43)46-6-2)19(3)39-35-40(31)33(42)28(49-35)15-22-13-23(37)16-25(38)32(22)48-17-21-9-7-8-10-24(21)36/h7-16,31H,5-6,17-18H2,1-4H3/b28-15+/t31-/m1/s1. The van der Waals surface area contributed by atoms with Crippen LogP contribution in [0, 0.1) is 13.0 Å². The SMILES string of the molecule is CCOC(=O)C1=C(C)N=c2s/c(=C/c3cc(I)cc(I)c3OCc3ccccc3F)c(=O)n2[C@@H]1c1ccc(OCC(=O)OC)c(OCC)c1. The number of nitrogens with zero attached hydrogens (tertiary/aromatic N) is 2. The smallest absolute Gasteiger partial charge is 0.343 e. The number of methoxy groups -OCH3 is 1. The van der Waals surface area contributed by atoms with Crippen LogP contribution >= 0.6 is 56.5 Å². The van der Waals surface area contributed by atoms with Crippen molar-refractivity contribution in [2.45, 2.75) is 33.4 Å². The monoisotopic (exact) mass is 912 g/mol. The number of aromatic nitrogens is 1. The number of ether oxygens (including phenoxy) is 5. The predicted octanol–water partition coefficient (Wildman–Crippen LogP) is 5.68. The van der Waals surface area contributed by atoms with Gasteiger partial charge in [0.1, 0.15) is 18.2 Å². The molecule has 5 rings (SSSR count). The van der Waals surface area contributed by atoms with Crippen molar-refractivity contribution in [3.05, 3.63) is 115 Å². The van der Waals surface area contributed by atoms with Crippen molar-refractivity contribution in [1.29, 1.82) is 0 Å². The van der Waals surface area contributed by atoms with Crippen LogP contribution in [0.15, 0.2) is 75.7 Å². The Balaban J connectivity index is 1.65. The van der Waals surface area contributed by atoms with E-state index < -0.39 is 18.0 Å². The summed E-state index contributed by atoms with van der Waals surface area (Å²) >= 11 is 5.52. The summed E-state index contributed by atoms with van der Waals surface area (Å²) in [4.78, 5) is 44.5. The summed E-state index contributed by atoms with van der Waals surface area (Å²) in [5.74, 6) is -0.444.